The van der Waals surface area contributed by atoms with E-state index >= 15 is 0 Å². The second-order valence-corrected chi connectivity index (χ2v) is 9.61. The monoisotopic (exact) mass is 469 g/mol. The van der Waals surface area contributed by atoms with E-state index < -0.39 is 45.2 Å². The molecule has 0 radical (unpaired) electrons. The van der Waals surface area contributed by atoms with E-state index in [1.165, 1.54) is 22.9 Å². The number of nitrogens with zero attached hydrogens (tertiary/aromatic N) is 3. The van der Waals surface area contributed by atoms with Gasteiger partial charge in [0, 0.05) is 29.6 Å². The standard InChI is InChI=1S/C20H22F3N5O3S/c1-11(2)28-17-13(10-25-19(24)26-17)8-14(18(28)29)12-4-5-16(15(21)9-12)27-32(30,31)7-6-20(3,22)23/h4-5,8-11,27H,6-7H2,1-3H3,(H2,24,25,26). The van der Waals surface area contributed by atoms with Crippen LogP contribution in [0.5, 0.6) is 0 Å². The van der Waals surface area contributed by atoms with E-state index in [-0.39, 0.29) is 23.1 Å². The predicted octanol–water partition coefficient (Wildman–Crippen LogP) is 3.55. The number of rotatable bonds is 7. The van der Waals surface area contributed by atoms with E-state index in [2.05, 4.69) is 9.97 Å². The van der Waals surface area contributed by atoms with Crippen molar-refractivity contribution in [2.75, 3.05) is 16.2 Å². The fraction of sp³-hybridized carbons (Fsp3) is 0.350. The second kappa shape index (κ2) is 8.41. The third-order valence-corrected chi connectivity index (χ3v) is 5.94. The normalized spacial score (nSPS) is 12.5. The van der Waals surface area contributed by atoms with E-state index in [1.54, 1.807) is 13.8 Å². The number of alkyl halides is 2. The molecule has 0 saturated carbocycles. The van der Waals surface area contributed by atoms with Gasteiger partial charge in [0.25, 0.3) is 5.56 Å². The summed E-state index contributed by atoms with van der Waals surface area (Å²) in [4.78, 5) is 21.1. The maximum absolute atomic E-state index is 14.7. The lowest BCUT2D eigenvalue weighted by molar-refractivity contribution is 0.0189. The van der Waals surface area contributed by atoms with Gasteiger partial charge in [-0.15, -0.1) is 0 Å². The van der Waals surface area contributed by atoms with Gasteiger partial charge in [0.1, 0.15) is 11.5 Å². The molecule has 0 amide bonds. The number of fused-ring (bicyclic) bond motifs is 1. The molecule has 172 valence electrons. The average molecular weight is 469 g/mol. The molecule has 0 aliphatic heterocycles. The molecule has 32 heavy (non-hydrogen) atoms. The SMILES string of the molecule is CC(C)n1c(=O)c(-c2ccc(NS(=O)(=O)CCC(C)(F)F)c(F)c2)cc2cnc(N)nc21. The molecular weight excluding hydrogens is 447 g/mol. The molecule has 0 aliphatic rings. The van der Waals surface area contributed by atoms with Gasteiger partial charge < -0.3 is 5.73 Å². The molecule has 8 nitrogen and oxygen atoms in total. The van der Waals surface area contributed by atoms with E-state index in [9.17, 15) is 26.4 Å². The topological polar surface area (TPSA) is 120 Å². The maximum atomic E-state index is 14.7. The first-order valence-electron chi connectivity index (χ1n) is 9.63. The smallest absolute Gasteiger partial charge is 0.260 e. The highest BCUT2D eigenvalue weighted by atomic mass is 32.2. The average Bonchev–Trinajstić information content (AvgIpc) is 2.67. The summed E-state index contributed by atoms with van der Waals surface area (Å²) < 4.78 is 68.0. The molecular formula is C20H22F3N5O3S. The maximum Gasteiger partial charge on any atom is 0.260 e. The number of hydrogen-bond acceptors (Lipinski definition) is 6. The lowest BCUT2D eigenvalue weighted by atomic mass is 10.0. The molecule has 0 aliphatic carbocycles. The zero-order chi connectivity index (χ0) is 23.8. The quantitative estimate of drug-likeness (QED) is 0.546. The highest BCUT2D eigenvalue weighted by Crippen LogP contribution is 2.27. The summed E-state index contributed by atoms with van der Waals surface area (Å²) >= 11 is 0. The van der Waals surface area contributed by atoms with Crippen LogP contribution in [0.25, 0.3) is 22.2 Å². The number of anilines is 2. The first-order valence-corrected chi connectivity index (χ1v) is 11.3. The van der Waals surface area contributed by atoms with Gasteiger partial charge in [-0.3, -0.25) is 14.1 Å². The van der Waals surface area contributed by atoms with Crippen LogP contribution in [0.15, 0.2) is 35.3 Å². The van der Waals surface area contributed by atoms with Gasteiger partial charge in [-0.25, -0.2) is 26.6 Å². The van der Waals surface area contributed by atoms with Crippen LogP contribution in [0.1, 0.15) is 33.2 Å². The van der Waals surface area contributed by atoms with Crippen molar-refractivity contribution in [1.82, 2.24) is 14.5 Å². The van der Waals surface area contributed by atoms with Crippen molar-refractivity contribution in [3.05, 3.63) is 46.6 Å². The van der Waals surface area contributed by atoms with E-state index in [4.69, 9.17) is 5.73 Å². The molecule has 0 unspecified atom stereocenters. The van der Waals surface area contributed by atoms with E-state index in [0.29, 0.717) is 18.0 Å². The van der Waals surface area contributed by atoms with Crippen molar-refractivity contribution < 1.29 is 21.6 Å². The Labute approximate surface area is 182 Å². The van der Waals surface area contributed by atoms with Crippen LogP contribution < -0.4 is 16.0 Å². The molecule has 2 aromatic heterocycles. The molecule has 2 heterocycles. The summed E-state index contributed by atoms with van der Waals surface area (Å²) in [6.45, 7) is 4.16. The minimum absolute atomic E-state index is 0.00238. The van der Waals surface area contributed by atoms with Gasteiger partial charge in [0.15, 0.2) is 0 Å². The van der Waals surface area contributed by atoms with Gasteiger partial charge in [-0.1, -0.05) is 6.07 Å². The lowest BCUT2D eigenvalue weighted by Crippen LogP contribution is -2.25. The van der Waals surface area contributed by atoms with Crippen LogP contribution in [-0.4, -0.2) is 34.6 Å². The molecule has 0 fully saturated rings. The van der Waals surface area contributed by atoms with Crippen molar-refractivity contribution in [2.24, 2.45) is 0 Å². The molecule has 0 atom stereocenters. The number of nitrogen functional groups attached to an aromatic ring is 1. The van der Waals surface area contributed by atoms with Crippen molar-refractivity contribution in [3.8, 4) is 11.1 Å². The van der Waals surface area contributed by atoms with Crippen molar-refractivity contribution in [2.45, 2.75) is 39.2 Å². The fourth-order valence-corrected chi connectivity index (χ4v) is 4.35. The summed E-state index contributed by atoms with van der Waals surface area (Å²) in [5, 5.41) is 0.508. The first kappa shape index (κ1) is 23.5. The Morgan fingerprint density at radius 3 is 2.53 bits per heavy atom. The number of nitrogens with two attached hydrogens (primary N) is 1. The molecule has 12 heteroatoms. The summed E-state index contributed by atoms with van der Waals surface area (Å²) in [7, 11) is -4.19. The number of halogens is 3. The predicted molar refractivity (Wildman–Crippen MR) is 117 cm³/mol. The number of nitrogens with one attached hydrogen (secondary N) is 1. The number of hydrogen-bond donors (Lipinski definition) is 2. The third kappa shape index (κ3) is 5.18. The van der Waals surface area contributed by atoms with Crippen LogP contribution in [0, 0.1) is 5.82 Å². The summed E-state index contributed by atoms with van der Waals surface area (Å²) in [5.41, 5.74) is 5.47. The molecule has 1 aromatic carbocycles. The highest BCUT2D eigenvalue weighted by molar-refractivity contribution is 7.92. The Morgan fingerprint density at radius 2 is 1.94 bits per heavy atom. The Hall–Kier alpha value is -3.15. The lowest BCUT2D eigenvalue weighted by Gasteiger charge is -2.16. The van der Waals surface area contributed by atoms with Gasteiger partial charge in [0.05, 0.1) is 11.4 Å². The van der Waals surface area contributed by atoms with E-state index in [1.807, 2.05) is 4.72 Å². The molecule has 0 bridgehead atoms. The third-order valence-electron chi connectivity index (χ3n) is 4.66. The number of aromatic nitrogens is 3. The second-order valence-electron chi connectivity index (χ2n) is 7.77. The van der Waals surface area contributed by atoms with Crippen LogP contribution >= 0.6 is 0 Å². The van der Waals surface area contributed by atoms with E-state index in [0.717, 1.165) is 12.1 Å². The molecule has 0 spiro atoms. The number of benzene rings is 1. The minimum atomic E-state index is -4.19. The zero-order valence-corrected chi connectivity index (χ0v) is 18.4. The van der Waals surface area contributed by atoms with Crippen LogP contribution in [0.4, 0.5) is 24.8 Å². The fourth-order valence-electron chi connectivity index (χ4n) is 3.12. The molecule has 3 aromatic rings. The first-order chi connectivity index (χ1) is 14.8. The van der Waals surface area contributed by atoms with Crippen molar-refractivity contribution in [1.29, 1.82) is 0 Å². The van der Waals surface area contributed by atoms with Crippen LogP contribution in [-0.2, 0) is 10.0 Å². The number of pyridine rings is 1. The highest BCUT2D eigenvalue weighted by Gasteiger charge is 2.25. The Morgan fingerprint density at radius 1 is 1.25 bits per heavy atom. The summed E-state index contributed by atoms with van der Waals surface area (Å²) in [6.07, 6.45) is 0.544. The van der Waals surface area contributed by atoms with Gasteiger partial charge in [-0.05, 0) is 44.5 Å². The molecule has 3 N–H and O–H groups in total. The Bertz CT molecular complexity index is 1330. The van der Waals surface area contributed by atoms with Crippen molar-refractivity contribution >= 4 is 32.7 Å². The van der Waals surface area contributed by atoms with Crippen molar-refractivity contribution in [3.63, 3.8) is 0 Å². The van der Waals surface area contributed by atoms with Gasteiger partial charge >= 0.3 is 0 Å². The van der Waals surface area contributed by atoms with Gasteiger partial charge in [0.2, 0.25) is 21.9 Å². The van der Waals surface area contributed by atoms with Gasteiger partial charge in [-0.2, -0.15) is 4.98 Å². The molecule has 3 rings (SSSR count). The Kier molecular flexibility index (Phi) is 6.18. The molecule has 0 saturated heterocycles. The van der Waals surface area contributed by atoms with Crippen LogP contribution in [0.2, 0.25) is 0 Å². The van der Waals surface area contributed by atoms with Crippen LogP contribution in [0.3, 0.4) is 0 Å². The zero-order valence-electron chi connectivity index (χ0n) is 17.6. The Balaban J connectivity index is 2.02. The largest absolute Gasteiger partial charge is 0.368 e. The number of sulfonamides is 1. The summed E-state index contributed by atoms with van der Waals surface area (Å²) in [6, 6.07) is 4.71. The minimum Gasteiger partial charge on any atom is -0.368 e. The summed E-state index contributed by atoms with van der Waals surface area (Å²) in [5.74, 6) is -5.00.